The van der Waals surface area contributed by atoms with E-state index < -0.39 is 34.5 Å². The van der Waals surface area contributed by atoms with Crippen molar-refractivity contribution in [1.82, 2.24) is 4.72 Å². The topological polar surface area (TPSA) is 156 Å². The van der Waals surface area contributed by atoms with Gasteiger partial charge in [0, 0.05) is 0 Å². The number of carboxylic acids is 1. The maximum atomic E-state index is 12.0. The molecule has 1 aromatic rings. The summed E-state index contributed by atoms with van der Waals surface area (Å²) in [5.41, 5.74) is 4.94. The lowest BCUT2D eigenvalue weighted by Crippen LogP contribution is -2.43. The Kier molecular flexibility index (Phi) is 5.24. The van der Waals surface area contributed by atoms with Gasteiger partial charge in [0.1, 0.15) is 11.8 Å². The fourth-order valence-electron chi connectivity index (χ4n) is 1.47. The lowest BCUT2D eigenvalue weighted by atomic mass is 10.2. The largest absolute Gasteiger partial charge is 0.496 e. The highest BCUT2D eigenvalue weighted by Gasteiger charge is 2.26. The number of nitrogens with two attached hydrogens (primary N) is 1. The minimum Gasteiger partial charge on any atom is -0.496 e. The maximum absolute atomic E-state index is 12.0. The third-order valence-corrected chi connectivity index (χ3v) is 3.99. The van der Waals surface area contributed by atoms with Gasteiger partial charge in [-0.3, -0.25) is 9.59 Å². The fraction of sp³-hybridized carbons (Fsp3) is 0.273. The molecule has 0 unspecified atom stereocenters. The summed E-state index contributed by atoms with van der Waals surface area (Å²) in [6.45, 7) is -0.923. The monoisotopic (exact) mass is 318 g/mol. The van der Waals surface area contributed by atoms with Gasteiger partial charge in [-0.1, -0.05) is 0 Å². The van der Waals surface area contributed by atoms with E-state index in [1.165, 1.54) is 13.2 Å². The van der Waals surface area contributed by atoms with Gasteiger partial charge in [0.05, 0.1) is 24.2 Å². The second-order valence-corrected chi connectivity index (χ2v) is 5.64. The van der Waals surface area contributed by atoms with Gasteiger partial charge in [-0.25, -0.2) is 8.42 Å². The first-order chi connectivity index (χ1) is 9.72. The van der Waals surface area contributed by atoms with E-state index in [2.05, 4.69) is 0 Å². The molecule has 0 saturated heterocycles. The zero-order valence-electron chi connectivity index (χ0n) is 10.9. The fourth-order valence-corrected chi connectivity index (χ4v) is 2.67. The Morgan fingerprint density at radius 3 is 2.48 bits per heavy atom. The maximum Gasteiger partial charge on any atom is 0.324 e. The number of amides is 1. The Balaban J connectivity index is 3.23. The van der Waals surface area contributed by atoms with Crippen LogP contribution in [0.4, 0.5) is 0 Å². The van der Waals surface area contributed by atoms with Crippen LogP contribution in [0.25, 0.3) is 0 Å². The van der Waals surface area contributed by atoms with E-state index in [0.29, 0.717) is 0 Å². The molecule has 0 aliphatic heterocycles. The molecule has 1 atom stereocenters. The van der Waals surface area contributed by atoms with Gasteiger partial charge in [-0.05, 0) is 18.2 Å². The van der Waals surface area contributed by atoms with Crippen molar-refractivity contribution in [3.63, 3.8) is 0 Å². The number of hydrogen-bond acceptors (Lipinski definition) is 6. The Morgan fingerprint density at radius 1 is 1.43 bits per heavy atom. The highest BCUT2D eigenvalue weighted by atomic mass is 32.2. The zero-order chi connectivity index (χ0) is 16.2. The quantitative estimate of drug-likeness (QED) is 0.477. The van der Waals surface area contributed by atoms with E-state index in [1.54, 1.807) is 4.72 Å². The van der Waals surface area contributed by atoms with Gasteiger partial charge in [0.25, 0.3) is 5.91 Å². The summed E-state index contributed by atoms with van der Waals surface area (Å²) in [5, 5.41) is 17.6. The van der Waals surface area contributed by atoms with Crippen LogP contribution in [0.5, 0.6) is 5.75 Å². The summed E-state index contributed by atoms with van der Waals surface area (Å²) in [6.07, 6.45) is 0. The predicted octanol–water partition coefficient (Wildman–Crippen LogP) is -1.48. The van der Waals surface area contributed by atoms with Crippen LogP contribution in [0.2, 0.25) is 0 Å². The molecule has 10 heteroatoms. The van der Waals surface area contributed by atoms with Crippen molar-refractivity contribution >= 4 is 21.9 Å². The number of hydrogen-bond donors (Lipinski definition) is 4. The van der Waals surface area contributed by atoms with E-state index in [-0.39, 0.29) is 16.2 Å². The van der Waals surface area contributed by atoms with Crippen molar-refractivity contribution in [3.8, 4) is 5.75 Å². The molecular weight excluding hydrogens is 304 g/mol. The molecule has 0 aromatic heterocycles. The van der Waals surface area contributed by atoms with Crippen LogP contribution in [-0.2, 0) is 14.8 Å². The van der Waals surface area contributed by atoms with Gasteiger partial charge in [0.2, 0.25) is 10.0 Å². The summed E-state index contributed by atoms with van der Waals surface area (Å²) in [6, 6.07) is 1.58. The molecule has 21 heavy (non-hydrogen) atoms. The number of primary amides is 1. The molecule has 0 spiro atoms. The van der Waals surface area contributed by atoms with E-state index in [9.17, 15) is 18.0 Å². The Hall–Kier alpha value is -2.17. The second kappa shape index (κ2) is 6.52. The van der Waals surface area contributed by atoms with Crippen molar-refractivity contribution in [2.24, 2.45) is 5.73 Å². The standard InChI is InChI=1S/C11H14N2O7S/c1-20-9-3-2-6(4-7(9)10(12)15)21(18,19)13-8(5-14)11(16)17/h2-4,8,13-14H,5H2,1H3,(H2,12,15)(H,16,17)/t8-/m0/s1. The van der Waals surface area contributed by atoms with Crippen molar-refractivity contribution < 1.29 is 33.0 Å². The Morgan fingerprint density at radius 2 is 2.05 bits per heavy atom. The number of sulfonamides is 1. The van der Waals surface area contributed by atoms with Crippen LogP contribution < -0.4 is 15.2 Å². The van der Waals surface area contributed by atoms with Crippen LogP contribution in [0.3, 0.4) is 0 Å². The molecule has 0 aliphatic carbocycles. The van der Waals surface area contributed by atoms with Gasteiger partial charge >= 0.3 is 5.97 Å². The number of rotatable bonds is 7. The number of nitrogens with one attached hydrogen (secondary N) is 1. The molecule has 9 nitrogen and oxygen atoms in total. The number of aliphatic carboxylic acids is 1. The summed E-state index contributed by atoms with van der Waals surface area (Å²) in [5.74, 6) is -2.36. The Bertz CT molecular complexity index is 657. The lowest BCUT2D eigenvalue weighted by molar-refractivity contribution is -0.139. The molecule has 116 valence electrons. The Labute approximate surface area is 120 Å². The molecule has 0 bridgehead atoms. The average molecular weight is 318 g/mol. The van der Waals surface area contributed by atoms with E-state index in [0.717, 1.165) is 12.1 Å². The summed E-state index contributed by atoms with van der Waals surface area (Å²) in [4.78, 5) is 21.6. The van der Waals surface area contributed by atoms with Gasteiger partial charge in [-0.15, -0.1) is 0 Å². The average Bonchev–Trinajstić information content (AvgIpc) is 2.43. The summed E-state index contributed by atoms with van der Waals surface area (Å²) in [7, 11) is -2.97. The summed E-state index contributed by atoms with van der Waals surface area (Å²) >= 11 is 0. The van der Waals surface area contributed by atoms with Crippen molar-refractivity contribution in [3.05, 3.63) is 23.8 Å². The molecule has 0 radical (unpaired) electrons. The molecule has 1 amide bonds. The first kappa shape index (κ1) is 16.9. The zero-order valence-corrected chi connectivity index (χ0v) is 11.8. The van der Waals surface area contributed by atoms with E-state index >= 15 is 0 Å². The first-order valence-electron chi connectivity index (χ1n) is 5.56. The molecule has 0 saturated carbocycles. The number of methoxy groups -OCH3 is 1. The van der Waals surface area contributed by atoms with Crippen molar-refractivity contribution in [2.45, 2.75) is 10.9 Å². The number of carbonyl (C=O) groups is 2. The first-order valence-corrected chi connectivity index (χ1v) is 7.05. The van der Waals surface area contributed by atoms with Crippen LogP contribution in [0, 0.1) is 0 Å². The van der Waals surface area contributed by atoms with E-state index in [4.69, 9.17) is 20.7 Å². The molecular formula is C11H14N2O7S. The van der Waals surface area contributed by atoms with Crippen LogP contribution >= 0.6 is 0 Å². The van der Waals surface area contributed by atoms with Crippen molar-refractivity contribution in [1.29, 1.82) is 0 Å². The minimum absolute atomic E-state index is 0.0818. The molecule has 0 aliphatic rings. The molecule has 5 N–H and O–H groups in total. The number of carboxylic acid groups (broad SMARTS) is 1. The molecule has 1 aromatic carbocycles. The lowest BCUT2D eigenvalue weighted by Gasteiger charge is -2.13. The van der Waals surface area contributed by atoms with Crippen LogP contribution in [0.1, 0.15) is 10.4 Å². The van der Waals surface area contributed by atoms with Gasteiger partial charge < -0.3 is 20.7 Å². The molecule has 0 heterocycles. The SMILES string of the molecule is COc1ccc(S(=O)(=O)N[C@@H](CO)C(=O)O)cc1C(N)=O. The molecule has 1 rings (SSSR count). The number of aliphatic hydroxyl groups excluding tert-OH is 1. The van der Waals surface area contributed by atoms with Crippen molar-refractivity contribution in [2.75, 3.05) is 13.7 Å². The number of aliphatic hydroxyl groups is 1. The highest BCUT2D eigenvalue weighted by molar-refractivity contribution is 7.89. The number of benzene rings is 1. The number of carbonyl (C=O) groups excluding carboxylic acids is 1. The predicted molar refractivity (Wildman–Crippen MR) is 70.3 cm³/mol. The minimum atomic E-state index is -4.25. The van der Waals surface area contributed by atoms with Gasteiger partial charge in [-0.2, -0.15) is 4.72 Å². The normalized spacial score (nSPS) is 12.7. The molecule has 0 fully saturated rings. The second-order valence-electron chi connectivity index (χ2n) is 3.92. The number of ether oxygens (including phenoxy) is 1. The third kappa shape index (κ3) is 3.90. The van der Waals surface area contributed by atoms with Gasteiger partial charge in [0.15, 0.2) is 0 Å². The van der Waals surface area contributed by atoms with E-state index in [1.807, 2.05) is 0 Å². The van der Waals surface area contributed by atoms with Crippen LogP contribution in [-0.4, -0.2) is 50.3 Å². The van der Waals surface area contributed by atoms with Crippen LogP contribution in [0.15, 0.2) is 23.1 Å². The highest BCUT2D eigenvalue weighted by Crippen LogP contribution is 2.22. The third-order valence-electron chi connectivity index (χ3n) is 2.52. The summed E-state index contributed by atoms with van der Waals surface area (Å²) < 4.78 is 30.7. The smallest absolute Gasteiger partial charge is 0.324 e.